The Balaban J connectivity index is 1.40. The molecule has 10 heteroatoms. The summed E-state index contributed by atoms with van der Waals surface area (Å²) < 4.78 is 5.20. The topological polar surface area (TPSA) is 125 Å². The van der Waals surface area contributed by atoms with Gasteiger partial charge in [0.15, 0.2) is 0 Å². The Bertz CT molecular complexity index is 1350. The highest BCUT2D eigenvalue weighted by Crippen LogP contribution is 2.20. The Morgan fingerprint density at radius 2 is 1.65 bits per heavy atom. The lowest BCUT2D eigenvalue weighted by Gasteiger charge is -2.34. The number of amides is 4. The number of carbonyl (C=O) groups is 4. The molecule has 3 aromatic rings. The first-order valence-electron chi connectivity index (χ1n) is 12.9. The second-order valence-electron chi connectivity index (χ2n) is 9.57. The maximum absolute atomic E-state index is 13.5. The van der Waals surface area contributed by atoms with Crippen LogP contribution in [0, 0.1) is 0 Å². The van der Waals surface area contributed by atoms with E-state index in [1.54, 1.807) is 62.7 Å². The van der Waals surface area contributed by atoms with Crippen molar-refractivity contribution in [3.05, 3.63) is 90.0 Å². The summed E-state index contributed by atoms with van der Waals surface area (Å²) in [4.78, 5) is 56.6. The molecule has 4 rings (SSSR count). The van der Waals surface area contributed by atoms with E-state index < -0.39 is 11.9 Å². The zero-order valence-electron chi connectivity index (χ0n) is 22.6. The number of hydrogen-bond donors (Lipinski definition) is 2. The van der Waals surface area contributed by atoms with Gasteiger partial charge in [-0.15, -0.1) is 0 Å². The van der Waals surface area contributed by atoms with E-state index in [0.717, 1.165) is 5.56 Å². The molecule has 1 saturated heterocycles. The number of anilines is 2. The first-order valence-corrected chi connectivity index (χ1v) is 12.9. The quantitative estimate of drug-likeness (QED) is 0.398. The highest BCUT2D eigenvalue weighted by molar-refractivity contribution is 6.00. The molecule has 10 nitrogen and oxygen atoms in total. The minimum absolute atomic E-state index is 0.136. The molecular formula is C30H33N5O5. The first-order chi connectivity index (χ1) is 19.2. The molecule has 208 valence electrons. The number of benzene rings is 3. The Morgan fingerprint density at radius 3 is 2.27 bits per heavy atom. The summed E-state index contributed by atoms with van der Waals surface area (Å²) in [7, 11) is 3.22. The Labute approximate surface area is 233 Å². The molecule has 4 amide bonds. The lowest BCUT2D eigenvalue weighted by atomic mass is 10.0. The van der Waals surface area contributed by atoms with Gasteiger partial charge in [0.05, 0.1) is 13.7 Å². The highest BCUT2D eigenvalue weighted by atomic mass is 16.5. The van der Waals surface area contributed by atoms with Crippen LogP contribution in [0.3, 0.4) is 0 Å². The summed E-state index contributed by atoms with van der Waals surface area (Å²) in [6.07, 6.45) is 0.281. The van der Waals surface area contributed by atoms with Gasteiger partial charge in [-0.25, -0.2) is 0 Å². The third-order valence-electron chi connectivity index (χ3n) is 6.80. The smallest absolute Gasteiger partial charge is 0.254 e. The summed E-state index contributed by atoms with van der Waals surface area (Å²) in [5.41, 5.74) is 8.21. The fraction of sp³-hybridized carbons (Fsp3) is 0.267. The molecule has 1 atom stereocenters. The van der Waals surface area contributed by atoms with E-state index in [0.29, 0.717) is 22.7 Å². The molecule has 1 aliphatic rings. The molecule has 0 spiro atoms. The molecule has 3 aromatic carbocycles. The fourth-order valence-electron chi connectivity index (χ4n) is 4.49. The Hall–Kier alpha value is -4.86. The van der Waals surface area contributed by atoms with Gasteiger partial charge in [0.2, 0.25) is 17.7 Å². The first kappa shape index (κ1) is 28.2. The van der Waals surface area contributed by atoms with Crippen LogP contribution >= 0.6 is 0 Å². The van der Waals surface area contributed by atoms with E-state index in [1.165, 1.54) is 14.7 Å². The van der Waals surface area contributed by atoms with E-state index in [4.69, 9.17) is 10.5 Å². The van der Waals surface area contributed by atoms with Gasteiger partial charge in [-0.05, 0) is 54.1 Å². The standard InChI is InChI=1S/C30H33N5O5/c1-33(24-12-14-25(40-2)15-13-24)30(39)26(18-21-6-4-3-5-7-21)32-27(36)19-34-16-17-35(20-28(34)37)29(38)22-8-10-23(31)11-9-22/h3-15,26H,16-20,31H2,1-2H3,(H,32,36)/t26-/m0/s1. The molecule has 0 aliphatic carbocycles. The Morgan fingerprint density at radius 1 is 0.975 bits per heavy atom. The van der Waals surface area contributed by atoms with Crippen molar-refractivity contribution in [2.45, 2.75) is 12.5 Å². The van der Waals surface area contributed by atoms with Crippen molar-refractivity contribution in [2.24, 2.45) is 0 Å². The average molecular weight is 544 g/mol. The zero-order chi connectivity index (χ0) is 28.6. The van der Waals surface area contributed by atoms with Crippen LogP contribution in [-0.2, 0) is 20.8 Å². The molecule has 3 N–H and O–H groups in total. The maximum Gasteiger partial charge on any atom is 0.254 e. The molecule has 0 unspecified atom stereocenters. The Kier molecular flexibility index (Phi) is 9.00. The molecule has 0 saturated carbocycles. The SMILES string of the molecule is COc1ccc(N(C)C(=O)[C@H](Cc2ccccc2)NC(=O)CN2CCN(C(=O)c3ccc(N)cc3)CC2=O)cc1. The molecule has 0 aromatic heterocycles. The van der Waals surface area contributed by atoms with Gasteiger partial charge >= 0.3 is 0 Å². The minimum Gasteiger partial charge on any atom is -0.497 e. The van der Waals surface area contributed by atoms with E-state index in [9.17, 15) is 19.2 Å². The number of ether oxygens (including phenoxy) is 1. The zero-order valence-corrected chi connectivity index (χ0v) is 22.6. The van der Waals surface area contributed by atoms with Crippen molar-refractivity contribution in [3.8, 4) is 5.75 Å². The number of rotatable bonds is 9. The van der Waals surface area contributed by atoms with Crippen molar-refractivity contribution < 1.29 is 23.9 Å². The molecule has 1 aliphatic heterocycles. The number of carbonyl (C=O) groups excluding carboxylic acids is 4. The molecule has 0 bridgehead atoms. The predicted molar refractivity (Wildman–Crippen MR) is 152 cm³/mol. The number of piperazine rings is 1. The van der Waals surface area contributed by atoms with Gasteiger partial charge in [-0.3, -0.25) is 19.2 Å². The van der Waals surface area contributed by atoms with Crippen molar-refractivity contribution in [2.75, 3.05) is 51.0 Å². The number of methoxy groups -OCH3 is 1. The van der Waals surface area contributed by atoms with Crippen LogP contribution in [0.1, 0.15) is 15.9 Å². The number of hydrogen-bond acceptors (Lipinski definition) is 6. The van der Waals surface area contributed by atoms with Crippen LogP contribution in [0.4, 0.5) is 11.4 Å². The van der Waals surface area contributed by atoms with Crippen LogP contribution in [0.5, 0.6) is 5.75 Å². The lowest BCUT2D eigenvalue weighted by Crippen LogP contribution is -2.56. The number of nitrogens with zero attached hydrogens (tertiary/aromatic N) is 3. The van der Waals surface area contributed by atoms with Crippen molar-refractivity contribution in [1.29, 1.82) is 0 Å². The van der Waals surface area contributed by atoms with Gasteiger partial charge in [-0.2, -0.15) is 0 Å². The fourth-order valence-corrected chi connectivity index (χ4v) is 4.49. The monoisotopic (exact) mass is 543 g/mol. The summed E-state index contributed by atoms with van der Waals surface area (Å²) in [5.74, 6) is -0.700. The van der Waals surface area contributed by atoms with E-state index in [1.807, 2.05) is 30.3 Å². The largest absolute Gasteiger partial charge is 0.497 e. The van der Waals surface area contributed by atoms with Crippen LogP contribution < -0.4 is 20.7 Å². The maximum atomic E-state index is 13.5. The van der Waals surface area contributed by atoms with Crippen molar-refractivity contribution >= 4 is 35.0 Å². The number of nitrogens with one attached hydrogen (secondary N) is 1. The van der Waals surface area contributed by atoms with E-state index >= 15 is 0 Å². The van der Waals surface area contributed by atoms with Crippen LogP contribution in [-0.4, -0.2) is 79.8 Å². The summed E-state index contributed by atoms with van der Waals surface area (Å²) in [5, 5.41) is 2.83. The molecule has 1 fully saturated rings. The van der Waals surface area contributed by atoms with Crippen LogP contribution in [0.25, 0.3) is 0 Å². The minimum atomic E-state index is -0.856. The van der Waals surface area contributed by atoms with Gasteiger partial charge in [0.1, 0.15) is 18.3 Å². The van der Waals surface area contributed by atoms with Gasteiger partial charge in [-0.1, -0.05) is 30.3 Å². The molecule has 0 radical (unpaired) electrons. The molecule has 40 heavy (non-hydrogen) atoms. The second-order valence-corrected chi connectivity index (χ2v) is 9.57. The third kappa shape index (κ3) is 6.96. The molecule has 1 heterocycles. The second kappa shape index (κ2) is 12.8. The molecular weight excluding hydrogens is 510 g/mol. The van der Waals surface area contributed by atoms with Crippen LogP contribution in [0.2, 0.25) is 0 Å². The van der Waals surface area contributed by atoms with E-state index in [2.05, 4.69) is 5.32 Å². The number of nitrogens with two attached hydrogens (primary N) is 1. The average Bonchev–Trinajstić information content (AvgIpc) is 2.97. The third-order valence-corrected chi connectivity index (χ3v) is 6.80. The van der Waals surface area contributed by atoms with Crippen molar-refractivity contribution in [1.82, 2.24) is 15.1 Å². The van der Waals surface area contributed by atoms with Crippen LogP contribution in [0.15, 0.2) is 78.9 Å². The predicted octanol–water partition coefficient (Wildman–Crippen LogP) is 1.95. The van der Waals surface area contributed by atoms with Gasteiger partial charge < -0.3 is 30.5 Å². The highest BCUT2D eigenvalue weighted by Gasteiger charge is 2.31. The van der Waals surface area contributed by atoms with Gasteiger partial charge in [0, 0.05) is 43.5 Å². The van der Waals surface area contributed by atoms with E-state index in [-0.39, 0.29) is 50.3 Å². The summed E-state index contributed by atoms with van der Waals surface area (Å²) in [6.45, 7) is 0.140. The lowest BCUT2D eigenvalue weighted by molar-refractivity contribution is -0.139. The number of nitrogen functional groups attached to an aromatic ring is 1. The number of likely N-dealkylation sites (N-methyl/N-ethyl adjacent to an activating group) is 1. The normalized spacial score (nSPS) is 13.9. The van der Waals surface area contributed by atoms with Crippen molar-refractivity contribution in [3.63, 3.8) is 0 Å². The summed E-state index contributed by atoms with van der Waals surface area (Å²) >= 11 is 0. The van der Waals surface area contributed by atoms with Gasteiger partial charge in [0.25, 0.3) is 5.91 Å². The summed E-state index contributed by atoms with van der Waals surface area (Å²) in [6, 6.07) is 22.1.